The van der Waals surface area contributed by atoms with Gasteiger partial charge in [-0.3, -0.25) is 4.48 Å². The fourth-order valence-corrected chi connectivity index (χ4v) is 2.07. The second-order valence-electron chi connectivity index (χ2n) is 5.14. The van der Waals surface area contributed by atoms with E-state index in [1.807, 2.05) is 6.20 Å². The topological polar surface area (TPSA) is 31.6 Å². The summed E-state index contributed by atoms with van der Waals surface area (Å²) in [5.74, 6) is 1.22. The third-order valence-corrected chi connectivity index (χ3v) is 3.03. The number of H-pyrrole nitrogens is 2. The van der Waals surface area contributed by atoms with E-state index in [2.05, 4.69) is 55.4 Å². The van der Waals surface area contributed by atoms with Gasteiger partial charge in [-0.05, 0) is 6.07 Å². The normalized spacial score (nSPS) is 12.7. The van der Waals surface area contributed by atoms with E-state index in [1.165, 1.54) is 27.6 Å². The molecule has 0 saturated carbocycles. The van der Waals surface area contributed by atoms with Crippen LogP contribution in [0.3, 0.4) is 0 Å². The summed E-state index contributed by atoms with van der Waals surface area (Å²) in [6.07, 6.45) is 1.98. The molecule has 0 aliphatic heterocycles. The van der Waals surface area contributed by atoms with Crippen LogP contribution in [0.1, 0.15) is 0 Å². The number of benzene rings is 1. The molecule has 2 aromatic heterocycles. The van der Waals surface area contributed by atoms with Gasteiger partial charge in [-0.25, -0.2) is 0 Å². The average Bonchev–Trinajstić information content (AvgIpc) is 2.81. The van der Waals surface area contributed by atoms with Gasteiger partial charge in [0.1, 0.15) is 0 Å². The highest BCUT2D eigenvalue weighted by Gasteiger charge is 2.16. The van der Waals surface area contributed by atoms with Gasteiger partial charge in [-0.15, -0.1) is 0 Å². The van der Waals surface area contributed by atoms with Gasteiger partial charge in [0.25, 0.3) is 0 Å². The number of aromatic nitrogens is 2. The van der Waals surface area contributed by atoms with E-state index in [-0.39, 0.29) is 0 Å². The summed E-state index contributed by atoms with van der Waals surface area (Å²) < 4.78 is 0.802. The lowest BCUT2D eigenvalue weighted by atomic mass is 10.2. The highest BCUT2D eigenvalue weighted by atomic mass is 15.3. The number of quaternary nitrogens is 1. The molecule has 0 spiro atoms. The van der Waals surface area contributed by atoms with Crippen LogP contribution in [0.25, 0.3) is 21.8 Å². The molecule has 82 valence electrons. The molecule has 0 radical (unpaired) electrons. The molecule has 0 amide bonds. The Bertz CT molecular complexity index is 652. The average molecular weight is 214 g/mol. The van der Waals surface area contributed by atoms with Crippen LogP contribution in [0.5, 0.6) is 0 Å². The van der Waals surface area contributed by atoms with Crippen LogP contribution in [-0.4, -0.2) is 31.1 Å². The van der Waals surface area contributed by atoms with E-state index in [0.717, 1.165) is 4.48 Å². The number of nitrogens with zero attached hydrogens (tertiary/aromatic N) is 1. The molecular formula is C13H16N3+. The molecule has 2 N–H and O–H groups in total. The van der Waals surface area contributed by atoms with Crippen molar-refractivity contribution < 1.29 is 0 Å². The standard InChI is InChI=1S/C13H16N3/c1-16(2,3)11-8-10-5-4-9-6-7-14-12(9)13(10)15-11/h4-8,14-15H,1-3H3/q+1. The van der Waals surface area contributed by atoms with Crippen molar-refractivity contribution >= 4 is 27.6 Å². The van der Waals surface area contributed by atoms with E-state index in [9.17, 15) is 0 Å². The predicted molar refractivity (Wildman–Crippen MR) is 69.7 cm³/mol. The number of hydrogen-bond acceptors (Lipinski definition) is 0. The highest BCUT2D eigenvalue weighted by Crippen LogP contribution is 2.28. The van der Waals surface area contributed by atoms with Crippen molar-refractivity contribution in [3.8, 4) is 0 Å². The summed E-state index contributed by atoms with van der Waals surface area (Å²) in [5, 5.41) is 2.51. The molecule has 0 aliphatic carbocycles. The first-order valence-corrected chi connectivity index (χ1v) is 5.46. The number of nitrogens with one attached hydrogen (secondary N) is 2. The van der Waals surface area contributed by atoms with E-state index in [0.29, 0.717) is 0 Å². The molecule has 16 heavy (non-hydrogen) atoms. The summed E-state index contributed by atoms with van der Waals surface area (Å²) in [5.41, 5.74) is 2.39. The summed E-state index contributed by atoms with van der Waals surface area (Å²) >= 11 is 0. The largest absolute Gasteiger partial charge is 0.359 e. The first-order valence-electron chi connectivity index (χ1n) is 5.46. The van der Waals surface area contributed by atoms with Gasteiger partial charge < -0.3 is 9.97 Å². The van der Waals surface area contributed by atoms with Crippen LogP contribution in [0.15, 0.2) is 30.5 Å². The fourth-order valence-electron chi connectivity index (χ4n) is 2.07. The molecule has 0 bridgehead atoms. The van der Waals surface area contributed by atoms with Gasteiger partial charge in [0.15, 0.2) is 0 Å². The Morgan fingerprint density at radius 1 is 0.938 bits per heavy atom. The summed E-state index contributed by atoms with van der Waals surface area (Å²) in [6, 6.07) is 8.64. The zero-order chi connectivity index (χ0) is 11.3. The molecule has 0 aliphatic rings. The molecule has 2 heterocycles. The Labute approximate surface area is 94.3 Å². The molecule has 3 nitrogen and oxygen atoms in total. The van der Waals surface area contributed by atoms with Crippen LogP contribution in [0.4, 0.5) is 5.82 Å². The second kappa shape index (κ2) is 2.89. The highest BCUT2D eigenvalue weighted by molar-refractivity contribution is 6.04. The van der Waals surface area contributed by atoms with Crippen LogP contribution < -0.4 is 4.48 Å². The fraction of sp³-hybridized carbons (Fsp3) is 0.231. The summed E-state index contributed by atoms with van der Waals surface area (Å²) in [4.78, 5) is 6.79. The lowest BCUT2D eigenvalue weighted by molar-refractivity contribution is 0.476. The molecular weight excluding hydrogens is 198 g/mol. The third kappa shape index (κ3) is 1.25. The molecule has 1 aromatic carbocycles. The molecule has 3 rings (SSSR count). The second-order valence-corrected chi connectivity index (χ2v) is 5.14. The van der Waals surface area contributed by atoms with Crippen LogP contribution in [-0.2, 0) is 0 Å². The zero-order valence-corrected chi connectivity index (χ0v) is 9.83. The minimum absolute atomic E-state index is 0.802. The maximum absolute atomic E-state index is 3.51. The van der Waals surface area contributed by atoms with Gasteiger partial charge in [0.2, 0.25) is 5.82 Å². The van der Waals surface area contributed by atoms with Gasteiger partial charge in [-0.2, -0.15) is 0 Å². The third-order valence-electron chi connectivity index (χ3n) is 3.03. The quantitative estimate of drug-likeness (QED) is 0.584. The number of hydrogen-bond donors (Lipinski definition) is 2. The Morgan fingerprint density at radius 3 is 2.44 bits per heavy atom. The lowest BCUT2D eigenvalue weighted by Crippen LogP contribution is -2.34. The molecule has 0 atom stereocenters. The number of fused-ring (bicyclic) bond motifs is 3. The van der Waals surface area contributed by atoms with Crippen LogP contribution >= 0.6 is 0 Å². The first-order chi connectivity index (χ1) is 7.55. The van der Waals surface area contributed by atoms with Crippen molar-refractivity contribution in [3.05, 3.63) is 30.5 Å². The molecule has 0 fully saturated rings. The molecule has 0 saturated heterocycles. The van der Waals surface area contributed by atoms with Gasteiger partial charge >= 0.3 is 0 Å². The molecule has 3 heteroatoms. The Hall–Kier alpha value is -1.74. The van der Waals surface area contributed by atoms with Crippen LogP contribution in [0.2, 0.25) is 0 Å². The summed E-state index contributed by atoms with van der Waals surface area (Å²) in [6.45, 7) is 0. The minimum atomic E-state index is 0.802. The number of rotatable bonds is 1. The molecule has 3 aromatic rings. The monoisotopic (exact) mass is 214 g/mol. The van der Waals surface area contributed by atoms with Gasteiger partial charge in [0.05, 0.1) is 32.2 Å². The van der Waals surface area contributed by atoms with E-state index >= 15 is 0 Å². The Balaban J connectivity index is 2.39. The van der Waals surface area contributed by atoms with Crippen molar-refractivity contribution in [2.24, 2.45) is 0 Å². The predicted octanol–water partition coefficient (Wildman–Crippen LogP) is 2.85. The zero-order valence-electron chi connectivity index (χ0n) is 9.83. The Kier molecular flexibility index (Phi) is 1.71. The van der Waals surface area contributed by atoms with Gasteiger partial charge in [-0.1, -0.05) is 12.1 Å². The smallest absolute Gasteiger partial charge is 0.205 e. The van der Waals surface area contributed by atoms with E-state index in [4.69, 9.17) is 0 Å². The molecule has 0 unspecified atom stereocenters. The van der Waals surface area contributed by atoms with Crippen molar-refractivity contribution in [3.63, 3.8) is 0 Å². The summed E-state index contributed by atoms with van der Waals surface area (Å²) in [7, 11) is 6.49. The maximum Gasteiger partial charge on any atom is 0.205 e. The van der Waals surface area contributed by atoms with E-state index < -0.39 is 0 Å². The van der Waals surface area contributed by atoms with Crippen LogP contribution in [0, 0.1) is 0 Å². The van der Waals surface area contributed by atoms with Crippen molar-refractivity contribution in [2.45, 2.75) is 0 Å². The van der Waals surface area contributed by atoms with Crippen molar-refractivity contribution in [1.82, 2.24) is 14.5 Å². The Morgan fingerprint density at radius 2 is 1.69 bits per heavy atom. The van der Waals surface area contributed by atoms with Crippen molar-refractivity contribution in [1.29, 1.82) is 0 Å². The van der Waals surface area contributed by atoms with E-state index in [1.54, 1.807) is 0 Å². The van der Waals surface area contributed by atoms with Gasteiger partial charge in [0, 0.05) is 23.0 Å². The van der Waals surface area contributed by atoms with Crippen molar-refractivity contribution in [2.75, 3.05) is 21.1 Å². The maximum atomic E-state index is 3.51. The number of aromatic amines is 2. The first kappa shape index (κ1) is 9.48. The SMILES string of the molecule is C[N+](C)(C)c1cc2ccc3cc[nH]c3c2[nH]1. The minimum Gasteiger partial charge on any atom is -0.359 e. The lowest BCUT2D eigenvalue weighted by Gasteiger charge is -2.20.